The number of ether oxygens (including phenoxy) is 1. The Hall–Kier alpha value is -2.30. The molecule has 0 bridgehead atoms. The summed E-state index contributed by atoms with van der Waals surface area (Å²) in [6.07, 6.45) is 3.17. The topological polar surface area (TPSA) is 80.3 Å². The maximum Gasteiger partial charge on any atom is 0.296 e. The molecule has 2 aromatic rings. The Labute approximate surface area is 174 Å². The van der Waals surface area contributed by atoms with E-state index in [4.69, 9.17) is 4.74 Å². The van der Waals surface area contributed by atoms with Gasteiger partial charge in [-0.2, -0.15) is 4.39 Å². The van der Waals surface area contributed by atoms with Crippen LogP contribution in [-0.4, -0.2) is 20.7 Å². The van der Waals surface area contributed by atoms with E-state index in [1.54, 1.807) is 0 Å². The van der Waals surface area contributed by atoms with E-state index in [0.717, 1.165) is 25.8 Å². The first-order valence-electron chi connectivity index (χ1n) is 8.61. The summed E-state index contributed by atoms with van der Waals surface area (Å²) < 4.78 is 30.2. The third kappa shape index (κ3) is 5.85. The molecule has 2 N–H and O–H groups in total. The first-order chi connectivity index (χ1) is 13.2. The van der Waals surface area contributed by atoms with E-state index in [1.807, 2.05) is 0 Å². The van der Waals surface area contributed by atoms with E-state index >= 15 is 0 Å². The Kier molecular flexibility index (Phi) is 6.11. The molecule has 1 atom stereocenters. The monoisotopic (exact) mass is 501 g/mol. The minimum absolute atomic E-state index is 0.0305. The van der Waals surface area contributed by atoms with Gasteiger partial charge in [-0.25, -0.2) is 9.37 Å². The van der Waals surface area contributed by atoms with Crippen molar-refractivity contribution in [1.29, 1.82) is 0 Å². The lowest BCUT2D eigenvalue weighted by atomic mass is 10.2. The van der Waals surface area contributed by atoms with Gasteiger partial charge in [0.25, 0.3) is 9.77 Å². The highest BCUT2D eigenvalue weighted by Gasteiger charge is 2.29. The molecule has 148 valence electrons. The number of carbonyl (C=O) groups is 2. The van der Waals surface area contributed by atoms with Crippen LogP contribution in [0.3, 0.4) is 0 Å². The highest BCUT2D eigenvalue weighted by Crippen LogP contribution is 2.30. The zero-order chi connectivity index (χ0) is 20.3. The van der Waals surface area contributed by atoms with Gasteiger partial charge in [0, 0.05) is 53.7 Å². The Balaban J connectivity index is 1.62. The average molecular weight is 501 g/mol. The molecule has 1 aliphatic carbocycles. The number of hydrogen-bond acceptors (Lipinski definition) is 4. The molecule has 28 heavy (non-hydrogen) atoms. The molecule has 0 spiro atoms. The number of alkyl halides is 2. The average Bonchev–Trinajstić information content (AvgIpc) is 3.46. The van der Waals surface area contributed by atoms with E-state index < -0.39 is 9.68 Å². The molecule has 0 saturated heterocycles. The number of benzene rings is 1. The van der Waals surface area contributed by atoms with Crippen molar-refractivity contribution in [3.63, 3.8) is 0 Å². The predicted molar refractivity (Wildman–Crippen MR) is 107 cm³/mol. The number of hydrogen-bond donors (Lipinski definition) is 2. The molecule has 6 nitrogen and oxygen atoms in total. The van der Waals surface area contributed by atoms with Crippen molar-refractivity contribution in [2.75, 3.05) is 5.32 Å². The summed E-state index contributed by atoms with van der Waals surface area (Å²) in [5, 5.41) is 5.37. The Bertz CT molecular complexity index is 898. The van der Waals surface area contributed by atoms with Crippen molar-refractivity contribution < 1.29 is 23.1 Å². The minimum atomic E-state index is -2.06. The summed E-state index contributed by atoms with van der Waals surface area (Å²) in [7, 11) is 0. The second-order valence-electron chi connectivity index (χ2n) is 6.55. The SMILES string of the molecule is C[C@@](F)(I)Oc1cc(CNC(=O)c2ccnc(NC(=O)C3CC3)c2)ccc1F. The summed E-state index contributed by atoms with van der Waals surface area (Å²) in [5.74, 6) is -1.07. The number of amides is 2. The van der Waals surface area contributed by atoms with Gasteiger partial charge in [0.15, 0.2) is 11.6 Å². The van der Waals surface area contributed by atoms with Gasteiger partial charge < -0.3 is 15.4 Å². The lowest BCUT2D eigenvalue weighted by Gasteiger charge is -2.16. The number of pyridine rings is 1. The molecule has 1 aliphatic rings. The van der Waals surface area contributed by atoms with E-state index in [1.165, 1.54) is 53.1 Å². The zero-order valence-electron chi connectivity index (χ0n) is 15.0. The van der Waals surface area contributed by atoms with Crippen LogP contribution < -0.4 is 15.4 Å². The van der Waals surface area contributed by atoms with Crippen molar-refractivity contribution in [2.45, 2.75) is 30.2 Å². The van der Waals surface area contributed by atoms with Gasteiger partial charge in [0.2, 0.25) is 5.91 Å². The fraction of sp³-hybridized carbons (Fsp3) is 0.316. The van der Waals surface area contributed by atoms with E-state index in [2.05, 4.69) is 15.6 Å². The van der Waals surface area contributed by atoms with E-state index in [-0.39, 0.29) is 30.0 Å². The zero-order valence-corrected chi connectivity index (χ0v) is 17.1. The molecule has 0 radical (unpaired) electrons. The van der Waals surface area contributed by atoms with Crippen LogP contribution in [0.1, 0.15) is 35.7 Å². The summed E-state index contributed by atoms with van der Waals surface area (Å²) >= 11 is 1.41. The molecule has 1 saturated carbocycles. The van der Waals surface area contributed by atoms with Crippen molar-refractivity contribution >= 4 is 40.2 Å². The molecule has 1 heterocycles. The summed E-state index contributed by atoms with van der Waals surface area (Å²) in [6, 6.07) is 6.96. The Morgan fingerprint density at radius 3 is 2.75 bits per heavy atom. The fourth-order valence-electron chi connectivity index (χ4n) is 2.43. The number of carbonyl (C=O) groups excluding carboxylic acids is 2. The third-order valence-corrected chi connectivity index (χ3v) is 4.18. The van der Waals surface area contributed by atoms with Gasteiger partial charge in [-0.3, -0.25) is 9.59 Å². The van der Waals surface area contributed by atoms with Gasteiger partial charge in [-0.15, -0.1) is 0 Å². The number of halogens is 3. The van der Waals surface area contributed by atoms with Crippen LogP contribution in [0.25, 0.3) is 0 Å². The van der Waals surface area contributed by atoms with Gasteiger partial charge in [-0.05, 0) is 42.7 Å². The number of nitrogens with zero attached hydrogens (tertiary/aromatic N) is 1. The van der Waals surface area contributed by atoms with Gasteiger partial charge in [0.05, 0.1) is 0 Å². The molecule has 0 aliphatic heterocycles. The van der Waals surface area contributed by atoms with Crippen molar-refractivity contribution in [1.82, 2.24) is 10.3 Å². The third-order valence-electron chi connectivity index (χ3n) is 3.96. The fourth-order valence-corrected chi connectivity index (χ4v) is 2.66. The molecule has 3 rings (SSSR count). The van der Waals surface area contributed by atoms with Crippen molar-refractivity contribution in [3.8, 4) is 5.75 Å². The summed E-state index contributed by atoms with van der Waals surface area (Å²) in [6.45, 7) is 1.25. The van der Waals surface area contributed by atoms with Crippen LogP contribution >= 0.6 is 22.6 Å². The summed E-state index contributed by atoms with van der Waals surface area (Å²) in [4.78, 5) is 28.2. The quantitative estimate of drug-likeness (QED) is 0.445. The van der Waals surface area contributed by atoms with Crippen LogP contribution in [0.4, 0.5) is 14.6 Å². The standard InChI is InChI=1S/C19H18F2IN3O3/c1-19(21,22)28-15-8-11(2-5-14(15)20)10-24-17(26)13-6-7-23-16(9-13)25-18(27)12-3-4-12/h2,5-9,12H,3-4,10H2,1H3,(H,24,26)(H,23,25,27)/t19-/m1/s1. The summed E-state index contributed by atoms with van der Waals surface area (Å²) in [5.41, 5.74) is 0.866. The second kappa shape index (κ2) is 8.38. The van der Waals surface area contributed by atoms with Crippen LogP contribution in [-0.2, 0) is 11.3 Å². The van der Waals surface area contributed by atoms with Crippen LogP contribution in [0.5, 0.6) is 5.75 Å². The Morgan fingerprint density at radius 2 is 2.07 bits per heavy atom. The highest BCUT2D eigenvalue weighted by atomic mass is 127. The van der Waals surface area contributed by atoms with Crippen molar-refractivity contribution in [3.05, 3.63) is 53.5 Å². The number of nitrogens with one attached hydrogen (secondary N) is 2. The molecule has 1 aromatic heterocycles. The van der Waals surface area contributed by atoms with E-state index in [0.29, 0.717) is 16.9 Å². The van der Waals surface area contributed by atoms with Crippen LogP contribution in [0.2, 0.25) is 0 Å². The molecule has 0 unspecified atom stereocenters. The maximum atomic E-state index is 13.7. The lowest BCUT2D eigenvalue weighted by Crippen LogP contribution is -2.23. The van der Waals surface area contributed by atoms with Gasteiger partial charge in [-0.1, -0.05) is 6.07 Å². The second-order valence-corrected chi connectivity index (χ2v) is 8.48. The molecule has 1 fully saturated rings. The van der Waals surface area contributed by atoms with Gasteiger partial charge in [0.1, 0.15) is 5.82 Å². The number of rotatable bonds is 7. The first-order valence-corrected chi connectivity index (χ1v) is 9.69. The van der Waals surface area contributed by atoms with Gasteiger partial charge >= 0.3 is 0 Å². The number of anilines is 1. The molecule has 1 aromatic carbocycles. The number of aromatic nitrogens is 1. The lowest BCUT2D eigenvalue weighted by molar-refractivity contribution is -0.117. The van der Waals surface area contributed by atoms with E-state index in [9.17, 15) is 18.4 Å². The Morgan fingerprint density at radius 1 is 1.32 bits per heavy atom. The maximum absolute atomic E-state index is 13.7. The molecule has 2 amide bonds. The highest BCUT2D eigenvalue weighted by molar-refractivity contribution is 14.1. The molecule has 9 heteroatoms. The predicted octanol–water partition coefficient (Wildman–Crippen LogP) is 3.96. The van der Waals surface area contributed by atoms with Crippen LogP contribution in [0.15, 0.2) is 36.5 Å². The first kappa shape index (κ1) is 20.4. The molecular weight excluding hydrogens is 483 g/mol. The molecular formula is C19H18F2IN3O3. The smallest absolute Gasteiger partial charge is 0.296 e. The normalized spacial score (nSPS) is 15.4. The minimum Gasteiger partial charge on any atom is -0.446 e. The van der Waals surface area contributed by atoms with Crippen molar-refractivity contribution in [2.24, 2.45) is 5.92 Å². The largest absolute Gasteiger partial charge is 0.446 e. The van der Waals surface area contributed by atoms with Crippen LogP contribution in [0, 0.1) is 11.7 Å².